The number of aliphatic hydroxyl groups is 1. The number of ketones is 2. The van der Waals surface area contributed by atoms with Gasteiger partial charge in [0.25, 0.3) is 0 Å². The Bertz CT molecular complexity index is 465. The van der Waals surface area contributed by atoms with Gasteiger partial charge in [0.1, 0.15) is 0 Å². The lowest BCUT2D eigenvalue weighted by Crippen LogP contribution is -2.43. The summed E-state index contributed by atoms with van der Waals surface area (Å²) in [4.78, 5) is 32.0. The number of benzene rings is 1. The van der Waals surface area contributed by atoms with Gasteiger partial charge in [-0.25, -0.2) is 0 Å². The second kappa shape index (κ2) is 9.02. The molecule has 0 radical (unpaired) electrons. The van der Waals surface area contributed by atoms with Gasteiger partial charge in [-0.2, -0.15) is 0 Å². The largest absolute Gasteiger partial charge is 0.545 e. The van der Waals surface area contributed by atoms with Crippen LogP contribution in [0.3, 0.4) is 0 Å². The number of hydrogen-bond acceptors (Lipinski definition) is 5. The molecule has 21 heavy (non-hydrogen) atoms. The predicted molar refractivity (Wildman–Crippen MR) is 76.6 cm³/mol. The number of rotatable bonds is 6. The van der Waals surface area contributed by atoms with E-state index in [-0.39, 0.29) is 12.0 Å². The maximum atomic E-state index is 10.9. The summed E-state index contributed by atoms with van der Waals surface area (Å²) >= 11 is 0. The Morgan fingerprint density at radius 1 is 1.10 bits per heavy atom. The van der Waals surface area contributed by atoms with Crippen molar-refractivity contribution in [3.05, 3.63) is 35.9 Å². The van der Waals surface area contributed by atoms with Crippen LogP contribution in [0.15, 0.2) is 30.3 Å². The monoisotopic (exact) mass is 293 g/mol. The summed E-state index contributed by atoms with van der Waals surface area (Å²) in [7, 11) is 0. The Hall–Kier alpha value is -2.01. The Labute approximate surface area is 124 Å². The number of carbonyl (C=O) groups is 3. The molecule has 0 fully saturated rings. The minimum atomic E-state index is -1.73. The van der Waals surface area contributed by atoms with Crippen LogP contribution < -0.4 is 5.11 Å². The van der Waals surface area contributed by atoms with Crippen molar-refractivity contribution in [1.29, 1.82) is 0 Å². The summed E-state index contributed by atoms with van der Waals surface area (Å²) in [5.41, 5.74) is -1.51. The highest BCUT2D eigenvalue weighted by Crippen LogP contribution is 2.16. The van der Waals surface area contributed by atoms with Crippen molar-refractivity contribution in [3.63, 3.8) is 0 Å². The van der Waals surface area contributed by atoms with E-state index in [1.54, 1.807) is 18.2 Å². The van der Waals surface area contributed by atoms with Crippen molar-refractivity contribution >= 4 is 17.5 Å². The molecular formula is C16H21O5-. The van der Waals surface area contributed by atoms with Gasteiger partial charge in [-0.1, -0.05) is 43.7 Å². The van der Waals surface area contributed by atoms with Crippen LogP contribution in [0.1, 0.15) is 50.4 Å². The first-order valence-corrected chi connectivity index (χ1v) is 6.76. The van der Waals surface area contributed by atoms with E-state index < -0.39 is 23.1 Å². The number of carboxylic acid groups (broad SMARTS) is 1. The van der Waals surface area contributed by atoms with E-state index in [9.17, 15) is 24.6 Å². The molecule has 0 unspecified atom stereocenters. The maximum Gasteiger partial charge on any atom is 0.180 e. The molecule has 1 aromatic carbocycles. The first kappa shape index (κ1) is 19.0. The third kappa shape index (κ3) is 6.31. The molecule has 1 aromatic rings. The molecule has 0 aromatic heterocycles. The smallest absolute Gasteiger partial charge is 0.180 e. The fourth-order valence-electron chi connectivity index (χ4n) is 1.61. The normalized spacial score (nSPS) is 10.3. The summed E-state index contributed by atoms with van der Waals surface area (Å²) in [5, 5.41) is 19.7. The second-order valence-electron chi connectivity index (χ2n) is 4.73. The van der Waals surface area contributed by atoms with Crippen LogP contribution in [0.25, 0.3) is 0 Å². The van der Waals surface area contributed by atoms with Gasteiger partial charge in [0.2, 0.25) is 0 Å². The summed E-state index contributed by atoms with van der Waals surface area (Å²) in [5.74, 6) is -2.04. The number of carbonyl (C=O) groups excluding carboxylic acids is 3. The van der Waals surface area contributed by atoms with E-state index in [2.05, 4.69) is 0 Å². The quantitative estimate of drug-likeness (QED) is 0.793. The molecule has 0 atom stereocenters. The molecule has 1 N–H and O–H groups in total. The molecule has 0 spiro atoms. The Balaban J connectivity index is 0.000000394. The molecule has 0 amide bonds. The molecule has 0 saturated carbocycles. The molecule has 116 valence electrons. The van der Waals surface area contributed by atoms with Crippen molar-refractivity contribution in [3.8, 4) is 0 Å². The summed E-state index contributed by atoms with van der Waals surface area (Å²) in [6.45, 7) is 4.44. The van der Waals surface area contributed by atoms with E-state index in [4.69, 9.17) is 0 Å². The molecule has 1 rings (SSSR count). The highest BCUT2D eigenvalue weighted by molar-refractivity contribution is 6.08. The van der Waals surface area contributed by atoms with Crippen LogP contribution >= 0.6 is 0 Å². The Kier molecular flexibility index (Phi) is 8.16. The van der Waals surface area contributed by atoms with Gasteiger partial charge in [0.15, 0.2) is 17.2 Å². The average Bonchev–Trinajstić information content (AvgIpc) is 2.45. The van der Waals surface area contributed by atoms with Gasteiger partial charge >= 0.3 is 0 Å². The van der Waals surface area contributed by atoms with Gasteiger partial charge in [0, 0.05) is 0 Å². The molecule has 0 aliphatic rings. The minimum absolute atomic E-state index is 0.220. The van der Waals surface area contributed by atoms with Gasteiger partial charge in [0.05, 0.1) is 5.97 Å². The number of carboxylic acids is 1. The minimum Gasteiger partial charge on any atom is -0.545 e. The van der Waals surface area contributed by atoms with Gasteiger partial charge in [-0.3, -0.25) is 9.59 Å². The van der Waals surface area contributed by atoms with E-state index in [1.165, 1.54) is 26.0 Å². The van der Waals surface area contributed by atoms with Crippen LogP contribution in [0.5, 0.6) is 0 Å². The zero-order valence-electron chi connectivity index (χ0n) is 12.6. The van der Waals surface area contributed by atoms with Crippen molar-refractivity contribution in [2.45, 2.75) is 45.6 Å². The van der Waals surface area contributed by atoms with Crippen molar-refractivity contribution in [1.82, 2.24) is 0 Å². The highest BCUT2D eigenvalue weighted by atomic mass is 16.4. The lowest BCUT2D eigenvalue weighted by Gasteiger charge is -2.21. The standard InChI is InChI=1S/C9H16O3.C7H6O2/c1-4-5-6-9(12,7(2)10)8(3)11;8-7(9)6-4-2-1-3-5-6/h12H,4-6H2,1-3H3;1-5H,(H,8,9)/p-1. The van der Waals surface area contributed by atoms with Crippen LogP contribution in [0, 0.1) is 0 Å². The van der Waals surface area contributed by atoms with Crippen LogP contribution in [0.2, 0.25) is 0 Å². The SMILES string of the molecule is CCCCC(O)(C(C)=O)C(C)=O.O=C([O-])c1ccccc1. The zero-order valence-corrected chi connectivity index (χ0v) is 12.6. The zero-order chi connectivity index (χ0) is 16.5. The highest BCUT2D eigenvalue weighted by Gasteiger charge is 2.36. The third-order valence-corrected chi connectivity index (χ3v) is 3.07. The van der Waals surface area contributed by atoms with Gasteiger partial charge in [-0.05, 0) is 32.3 Å². The first-order chi connectivity index (χ1) is 9.75. The number of Topliss-reactive ketones (excluding diaryl/α,β-unsaturated/α-hetero) is 2. The second-order valence-corrected chi connectivity index (χ2v) is 4.73. The topological polar surface area (TPSA) is 94.5 Å². The van der Waals surface area contributed by atoms with E-state index >= 15 is 0 Å². The Morgan fingerprint density at radius 3 is 1.86 bits per heavy atom. The third-order valence-electron chi connectivity index (χ3n) is 3.07. The van der Waals surface area contributed by atoms with Crippen molar-refractivity contribution in [2.24, 2.45) is 0 Å². The first-order valence-electron chi connectivity index (χ1n) is 6.76. The fraction of sp³-hybridized carbons (Fsp3) is 0.438. The number of aromatic carboxylic acids is 1. The van der Waals surface area contributed by atoms with E-state index in [0.29, 0.717) is 6.42 Å². The molecule has 0 heterocycles. The van der Waals surface area contributed by atoms with Gasteiger partial charge < -0.3 is 15.0 Å². The number of hydrogen-bond donors (Lipinski definition) is 1. The lowest BCUT2D eigenvalue weighted by molar-refractivity contribution is -0.255. The maximum absolute atomic E-state index is 10.9. The predicted octanol–water partition coefficient (Wildman–Crippen LogP) is 1.14. The molecule has 0 aliphatic carbocycles. The molecular weight excluding hydrogens is 272 g/mol. The fourth-order valence-corrected chi connectivity index (χ4v) is 1.61. The molecule has 0 aliphatic heterocycles. The van der Waals surface area contributed by atoms with Crippen molar-refractivity contribution in [2.75, 3.05) is 0 Å². The van der Waals surface area contributed by atoms with Crippen LogP contribution in [-0.4, -0.2) is 28.2 Å². The van der Waals surface area contributed by atoms with Crippen LogP contribution in [-0.2, 0) is 9.59 Å². The van der Waals surface area contributed by atoms with Crippen LogP contribution in [0.4, 0.5) is 0 Å². The van der Waals surface area contributed by atoms with Crippen molar-refractivity contribution < 1.29 is 24.6 Å². The Morgan fingerprint density at radius 2 is 1.57 bits per heavy atom. The molecule has 0 bridgehead atoms. The summed E-state index contributed by atoms with van der Waals surface area (Å²) < 4.78 is 0. The average molecular weight is 293 g/mol. The van der Waals surface area contributed by atoms with E-state index in [1.807, 2.05) is 6.92 Å². The van der Waals surface area contributed by atoms with Gasteiger partial charge in [-0.15, -0.1) is 0 Å². The summed E-state index contributed by atoms with van der Waals surface area (Å²) in [6, 6.07) is 8.06. The summed E-state index contributed by atoms with van der Waals surface area (Å²) in [6.07, 6.45) is 1.80. The molecule has 5 nitrogen and oxygen atoms in total. The van der Waals surface area contributed by atoms with E-state index in [0.717, 1.165) is 6.42 Å². The number of unbranched alkanes of at least 4 members (excludes halogenated alkanes) is 1. The molecule has 5 heteroatoms. The molecule has 0 saturated heterocycles. The lowest BCUT2D eigenvalue weighted by atomic mass is 9.89.